The van der Waals surface area contributed by atoms with Crippen molar-refractivity contribution in [3.8, 4) is 0 Å². The molecule has 162 valence electrons. The predicted molar refractivity (Wildman–Crippen MR) is 136 cm³/mol. The number of carbonyl (C=O) groups excluding carboxylic acids is 1. The highest BCUT2D eigenvalue weighted by Crippen LogP contribution is 2.20. The van der Waals surface area contributed by atoms with Crippen LogP contribution in [0.25, 0.3) is 0 Å². The lowest BCUT2D eigenvalue weighted by atomic mass is 10.1. The van der Waals surface area contributed by atoms with Crippen LogP contribution in [-0.4, -0.2) is 44.6 Å². The lowest BCUT2D eigenvalue weighted by Gasteiger charge is -2.20. The van der Waals surface area contributed by atoms with E-state index in [9.17, 15) is 4.79 Å². The smallest absolute Gasteiger partial charge is 0.221 e. The molecule has 3 N–H and O–H groups in total. The quantitative estimate of drug-likeness (QED) is 0.309. The third-order valence-electron chi connectivity index (χ3n) is 5.13. The zero-order valence-electron chi connectivity index (χ0n) is 17.9. The fourth-order valence-electron chi connectivity index (χ4n) is 3.54. The van der Waals surface area contributed by atoms with E-state index in [0.717, 1.165) is 44.1 Å². The van der Waals surface area contributed by atoms with Gasteiger partial charge in [0, 0.05) is 51.0 Å². The lowest BCUT2D eigenvalue weighted by Crippen LogP contribution is -2.45. The number of anilines is 2. The van der Waals surface area contributed by atoms with Crippen molar-refractivity contribution >= 4 is 47.2 Å². The highest BCUT2D eigenvalue weighted by Gasteiger charge is 2.23. The first-order valence-electron chi connectivity index (χ1n) is 10.2. The van der Waals surface area contributed by atoms with E-state index in [-0.39, 0.29) is 29.9 Å². The molecule has 1 aliphatic heterocycles. The number of halogens is 1. The van der Waals surface area contributed by atoms with Gasteiger partial charge >= 0.3 is 0 Å². The summed E-state index contributed by atoms with van der Waals surface area (Å²) in [7, 11) is 1.81. The van der Waals surface area contributed by atoms with Crippen LogP contribution in [0, 0.1) is 6.92 Å². The predicted octanol–water partition coefficient (Wildman–Crippen LogP) is 3.56. The van der Waals surface area contributed by atoms with Crippen molar-refractivity contribution in [3.05, 3.63) is 59.7 Å². The molecule has 6 nitrogen and oxygen atoms in total. The molecule has 3 rings (SSSR count). The van der Waals surface area contributed by atoms with Crippen molar-refractivity contribution in [1.82, 2.24) is 10.6 Å². The van der Waals surface area contributed by atoms with E-state index in [4.69, 9.17) is 0 Å². The van der Waals surface area contributed by atoms with Crippen LogP contribution in [-0.2, 0) is 11.2 Å². The lowest BCUT2D eigenvalue weighted by molar-refractivity contribution is -0.114. The van der Waals surface area contributed by atoms with Crippen molar-refractivity contribution in [1.29, 1.82) is 0 Å². The molecule has 0 saturated carbocycles. The number of rotatable bonds is 6. The summed E-state index contributed by atoms with van der Waals surface area (Å²) < 4.78 is 0. The number of benzene rings is 2. The Morgan fingerprint density at radius 3 is 2.47 bits per heavy atom. The summed E-state index contributed by atoms with van der Waals surface area (Å²) in [6.07, 6.45) is 1.99. The van der Waals surface area contributed by atoms with Gasteiger partial charge in [0.25, 0.3) is 0 Å². The molecule has 1 fully saturated rings. The number of nitrogens with zero attached hydrogens (tertiary/aromatic N) is 2. The number of nitrogens with one attached hydrogen (secondary N) is 3. The number of amides is 1. The maximum absolute atomic E-state index is 11.1. The topological polar surface area (TPSA) is 68.8 Å². The molecule has 7 heteroatoms. The fourth-order valence-corrected chi connectivity index (χ4v) is 3.54. The zero-order chi connectivity index (χ0) is 20.6. The summed E-state index contributed by atoms with van der Waals surface area (Å²) in [6, 6.07) is 17.1. The highest BCUT2D eigenvalue weighted by molar-refractivity contribution is 14.0. The fraction of sp³-hybridized carbons (Fsp3) is 0.391. The minimum absolute atomic E-state index is 0. The molecule has 0 radical (unpaired) electrons. The van der Waals surface area contributed by atoms with Crippen LogP contribution >= 0.6 is 24.0 Å². The van der Waals surface area contributed by atoms with Crippen LogP contribution in [0.15, 0.2) is 53.5 Å². The van der Waals surface area contributed by atoms with Crippen LogP contribution in [0.1, 0.15) is 24.5 Å². The summed E-state index contributed by atoms with van der Waals surface area (Å²) in [5, 5.41) is 9.73. The Morgan fingerprint density at radius 1 is 1.13 bits per heavy atom. The van der Waals surface area contributed by atoms with Gasteiger partial charge in [0.1, 0.15) is 0 Å². The summed E-state index contributed by atoms with van der Waals surface area (Å²) in [5.74, 6) is 0.790. The monoisotopic (exact) mass is 521 g/mol. The van der Waals surface area contributed by atoms with Gasteiger partial charge in [0.15, 0.2) is 5.96 Å². The van der Waals surface area contributed by atoms with Crippen molar-refractivity contribution in [2.45, 2.75) is 32.7 Å². The van der Waals surface area contributed by atoms with Gasteiger partial charge in [-0.2, -0.15) is 0 Å². The zero-order valence-corrected chi connectivity index (χ0v) is 20.3. The molecular formula is C23H32IN5O. The second-order valence-corrected chi connectivity index (χ2v) is 7.54. The van der Waals surface area contributed by atoms with Gasteiger partial charge in [-0.25, -0.2) is 0 Å². The molecule has 1 atom stereocenters. The molecule has 1 unspecified atom stereocenters. The van der Waals surface area contributed by atoms with Gasteiger partial charge in [-0.05, 0) is 49.6 Å². The average molecular weight is 521 g/mol. The van der Waals surface area contributed by atoms with Crippen molar-refractivity contribution < 1.29 is 4.79 Å². The molecule has 2 aromatic carbocycles. The van der Waals surface area contributed by atoms with E-state index in [2.05, 4.69) is 57.0 Å². The van der Waals surface area contributed by atoms with Gasteiger partial charge in [0.05, 0.1) is 0 Å². The SMILES string of the molecule is CN=C(NCCc1ccc(NC(C)=O)cc1)NC1CCN(c2ccc(C)cc2)C1.I. The largest absolute Gasteiger partial charge is 0.369 e. The minimum Gasteiger partial charge on any atom is -0.369 e. The molecule has 1 aliphatic rings. The van der Waals surface area contributed by atoms with E-state index in [0.29, 0.717) is 6.04 Å². The van der Waals surface area contributed by atoms with E-state index in [1.165, 1.54) is 23.7 Å². The molecule has 0 bridgehead atoms. The molecule has 0 spiro atoms. The van der Waals surface area contributed by atoms with Crippen LogP contribution < -0.4 is 20.9 Å². The Balaban J connectivity index is 0.00000320. The summed E-state index contributed by atoms with van der Waals surface area (Å²) >= 11 is 0. The maximum Gasteiger partial charge on any atom is 0.221 e. The number of aliphatic imine (C=N–C) groups is 1. The molecule has 0 aliphatic carbocycles. The van der Waals surface area contributed by atoms with Gasteiger partial charge in [-0.3, -0.25) is 9.79 Å². The summed E-state index contributed by atoms with van der Waals surface area (Å²) in [4.78, 5) is 17.9. The first kappa shape index (κ1) is 24.0. The highest BCUT2D eigenvalue weighted by atomic mass is 127. The van der Waals surface area contributed by atoms with Crippen LogP contribution in [0.5, 0.6) is 0 Å². The van der Waals surface area contributed by atoms with Gasteiger partial charge in [-0.15, -0.1) is 24.0 Å². The van der Waals surface area contributed by atoms with Crippen LogP contribution in [0.4, 0.5) is 11.4 Å². The first-order chi connectivity index (χ1) is 14.0. The van der Waals surface area contributed by atoms with E-state index < -0.39 is 0 Å². The van der Waals surface area contributed by atoms with Crippen LogP contribution in [0.3, 0.4) is 0 Å². The Hall–Kier alpha value is -2.29. The molecular weight excluding hydrogens is 489 g/mol. The number of aryl methyl sites for hydroxylation is 1. The average Bonchev–Trinajstić information content (AvgIpc) is 3.17. The van der Waals surface area contributed by atoms with Crippen molar-refractivity contribution in [2.24, 2.45) is 4.99 Å². The Morgan fingerprint density at radius 2 is 1.83 bits per heavy atom. The standard InChI is InChI=1S/C23H31N5O.HI/c1-17-4-10-22(11-5-17)28-15-13-21(16-28)27-23(24-3)25-14-12-19-6-8-20(9-7-19)26-18(2)29;/h4-11,21H,12-16H2,1-3H3,(H,26,29)(H2,24,25,27);1H. The molecule has 30 heavy (non-hydrogen) atoms. The van der Waals surface area contributed by atoms with Crippen molar-refractivity contribution in [2.75, 3.05) is 36.9 Å². The second-order valence-electron chi connectivity index (χ2n) is 7.54. The Kier molecular flexibility index (Phi) is 9.42. The Labute approximate surface area is 196 Å². The van der Waals surface area contributed by atoms with E-state index in [1.807, 2.05) is 31.3 Å². The Bertz CT molecular complexity index is 836. The molecule has 2 aromatic rings. The van der Waals surface area contributed by atoms with E-state index >= 15 is 0 Å². The van der Waals surface area contributed by atoms with Crippen molar-refractivity contribution in [3.63, 3.8) is 0 Å². The number of carbonyl (C=O) groups is 1. The normalized spacial score (nSPS) is 16.0. The minimum atomic E-state index is -0.0536. The third-order valence-corrected chi connectivity index (χ3v) is 5.13. The molecule has 0 aromatic heterocycles. The summed E-state index contributed by atoms with van der Waals surface area (Å²) in [5.41, 5.74) is 4.61. The number of hydrogen-bond donors (Lipinski definition) is 3. The first-order valence-corrected chi connectivity index (χ1v) is 10.2. The van der Waals surface area contributed by atoms with Gasteiger partial charge in [0.2, 0.25) is 5.91 Å². The van der Waals surface area contributed by atoms with Gasteiger partial charge in [-0.1, -0.05) is 29.8 Å². The van der Waals surface area contributed by atoms with Gasteiger partial charge < -0.3 is 20.9 Å². The number of hydrogen-bond acceptors (Lipinski definition) is 3. The third kappa shape index (κ3) is 7.19. The number of guanidine groups is 1. The summed E-state index contributed by atoms with van der Waals surface area (Å²) in [6.45, 7) is 6.46. The van der Waals surface area contributed by atoms with E-state index in [1.54, 1.807) is 0 Å². The van der Waals surface area contributed by atoms with Crippen LogP contribution in [0.2, 0.25) is 0 Å². The maximum atomic E-state index is 11.1. The molecule has 1 amide bonds. The molecule has 1 heterocycles. The second kappa shape index (κ2) is 11.8. The molecule has 1 saturated heterocycles.